The number of hydrogen-bond acceptors (Lipinski definition) is 4. The molecule has 0 saturated carbocycles. The average Bonchev–Trinajstić information content (AvgIpc) is 4.03. The molecular formula is C46H46F4N2O2Ti. The molecule has 0 aromatic heterocycles. The Labute approximate surface area is 324 Å². The third-order valence-corrected chi connectivity index (χ3v) is 19.4. The molecule has 0 bridgehead atoms. The van der Waals surface area contributed by atoms with E-state index in [1.165, 1.54) is 24.3 Å². The molecule has 284 valence electrons. The maximum atomic E-state index is 18.2. The number of ether oxygens (including phenoxy) is 2. The first-order valence-corrected chi connectivity index (χ1v) is 22.5. The Morgan fingerprint density at radius 1 is 0.582 bits per heavy atom. The minimum absolute atomic E-state index is 0.153. The number of nitrogens with zero attached hydrogens (tertiary/aromatic N) is 2. The zero-order valence-electron chi connectivity index (χ0n) is 31.3. The van der Waals surface area contributed by atoms with Gasteiger partial charge in [0.05, 0.1) is 0 Å². The van der Waals surface area contributed by atoms with Gasteiger partial charge in [0.2, 0.25) is 0 Å². The van der Waals surface area contributed by atoms with Crippen LogP contribution in [-0.2, 0) is 26.1 Å². The molecule has 2 aliphatic heterocycles. The van der Waals surface area contributed by atoms with Crippen LogP contribution in [0.5, 0.6) is 0 Å². The van der Waals surface area contributed by atoms with Crippen molar-refractivity contribution in [2.45, 2.75) is 64.6 Å². The summed E-state index contributed by atoms with van der Waals surface area (Å²) in [5, 5.41) is 0. The summed E-state index contributed by atoms with van der Waals surface area (Å²) in [7, 11) is 0. The van der Waals surface area contributed by atoms with E-state index in [4.69, 9.17) is 9.47 Å². The topological polar surface area (TPSA) is 24.9 Å². The Morgan fingerprint density at radius 2 is 1.00 bits per heavy atom. The fourth-order valence-corrected chi connectivity index (χ4v) is 17.0. The first-order valence-electron chi connectivity index (χ1n) is 19.4. The molecule has 2 atom stereocenters. The van der Waals surface area contributed by atoms with E-state index in [0.717, 1.165) is 48.2 Å². The molecule has 4 aliphatic rings. The van der Waals surface area contributed by atoms with Gasteiger partial charge in [0.25, 0.3) is 0 Å². The van der Waals surface area contributed by atoms with Gasteiger partial charge in [0, 0.05) is 0 Å². The van der Waals surface area contributed by atoms with E-state index in [1.54, 1.807) is 0 Å². The van der Waals surface area contributed by atoms with Crippen molar-refractivity contribution in [3.63, 3.8) is 0 Å². The molecular weight excluding hydrogens is 736 g/mol. The van der Waals surface area contributed by atoms with Crippen molar-refractivity contribution in [1.29, 1.82) is 0 Å². The summed E-state index contributed by atoms with van der Waals surface area (Å²) >= 11 is -5.17. The molecule has 2 heterocycles. The third kappa shape index (κ3) is 7.19. The molecule has 2 unspecified atom stereocenters. The monoisotopic (exact) mass is 782 g/mol. The van der Waals surface area contributed by atoms with Crippen LogP contribution in [0.15, 0.2) is 117 Å². The second-order valence-corrected chi connectivity index (χ2v) is 21.0. The van der Waals surface area contributed by atoms with Crippen molar-refractivity contribution in [2.24, 2.45) is 0 Å². The van der Waals surface area contributed by atoms with Crippen molar-refractivity contribution in [2.75, 3.05) is 36.1 Å². The van der Waals surface area contributed by atoms with Crippen LogP contribution < -0.4 is 17.5 Å². The normalized spacial score (nSPS) is 19.3. The van der Waals surface area contributed by atoms with Gasteiger partial charge in [-0.3, -0.25) is 0 Å². The number of hydrogen-bond donors (Lipinski definition) is 0. The van der Waals surface area contributed by atoms with Gasteiger partial charge in [-0.2, -0.15) is 0 Å². The number of benzene rings is 4. The quantitative estimate of drug-likeness (QED) is 0.106. The summed E-state index contributed by atoms with van der Waals surface area (Å²) in [4.78, 5) is 3.68. The van der Waals surface area contributed by atoms with Crippen LogP contribution in [-0.4, -0.2) is 38.5 Å². The number of anilines is 4. The SMILES string of the molecule is Cc1ccc(N(CC2CCCO2)c2ccc(F)[c]([Ti]([C]3=CC=CC3)([C]3=CC=CC3)[c]3c(F)ccc(N(CC4CCCO4)c4ccc(C)cc4)c3F)c2F)cc1. The molecule has 9 heteroatoms. The number of rotatable bonds is 12. The third-order valence-electron chi connectivity index (χ3n) is 11.5. The summed E-state index contributed by atoms with van der Waals surface area (Å²) in [6.45, 7) is 5.88. The van der Waals surface area contributed by atoms with E-state index in [2.05, 4.69) is 0 Å². The van der Waals surface area contributed by atoms with Gasteiger partial charge in [-0.05, 0) is 0 Å². The molecule has 2 fully saturated rings. The van der Waals surface area contributed by atoms with Crippen molar-refractivity contribution in [3.8, 4) is 0 Å². The van der Waals surface area contributed by atoms with Gasteiger partial charge >= 0.3 is 326 Å². The van der Waals surface area contributed by atoms with E-state index < -0.39 is 39.9 Å². The summed E-state index contributed by atoms with van der Waals surface area (Å²) in [6.07, 6.45) is 14.9. The zero-order valence-corrected chi connectivity index (χ0v) is 32.9. The molecule has 8 rings (SSSR count). The van der Waals surface area contributed by atoms with Crippen LogP contribution >= 0.6 is 0 Å². The van der Waals surface area contributed by atoms with Gasteiger partial charge < -0.3 is 0 Å². The average molecular weight is 783 g/mol. The van der Waals surface area contributed by atoms with E-state index >= 15 is 17.6 Å². The van der Waals surface area contributed by atoms with E-state index in [1.807, 2.05) is 109 Å². The molecule has 4 nitrogen and oxygen atoms in total. The zero-order chi connectivity index (χ0) is 38.1. The molecule has 2 aliphatic carbocycles. The van der Waals surface area contributed by atoms with Gasteiger partial charge in [-0.25, -0.2) is 0 Å². The number of halogens is 4. The molecule has 0 N–H and O–H groups in total. The summed E-state index contributed by atoms with van der Waals surface area (Å²) in [6, 6.07) is 21.0. The molecule has 55 heavy (non-hydrogen) atoms. The van der Waals surface area contributed by atoms with Crippen molar-refractivity contribution in [1.82, 2.24) is 0 Å². The Morgan fingerprint density at radius 3 is 1.35 bits per heavy atom. The van der Waals surface area contributed by atoms with Crippen LogP contribution in [0.2, 0.25) is 0 Å². The molecule has 4 aromatic rings. The summed E-state index contributed by atoms with van der Waals surface area (Å²) < 4.78 is 83.5. The van der Waals surface area contributed by atoms with Crippen LogP contribution in [0.4, 0.5) is 40.3 Å². The Kier molecular flexibility index (Phi) is 11.0. The standard InChI is InChI=1S/2C18H18F2NO.2C5H5.Ti/c2*1-13-4-7-15(8-5-13)21(12-16-3-2-10-22-16)18-9-6-14(19)11-17(18)20;2*1-2-4-5-3-1;/h2*4-9,16H,2-3,10,12H2,1H3;2*1-3H,4H2;. The van der Waals surface area contributed by atoms with Crippen molar-refractivity contribution < 1.29 is 43.6 Å². The fourth-order valence-electron chi connectivity index (χ4n) is 8.73. The summed E-state index contributed by atoms with van der Waals surface area (Å²) in [5.41, 5.74) is 3.84. The predicted octanol–water partition coefficient (Wildman–Crippen LogP) is 10.3. The van der Waals surface area contributed by atoms with Gasteiger partial charge in [0.15, 0.2) is 0 Å². The van der Waals surface area contributed by atoms with Crippen LogP contribution in [0.3, 0.4) is 0 Å². The molecule has 2 saturated heterocycles. The molecule has 0 radical (unpaired) electrons. The number of aryl methyl sites for hydroxylation is 2. The molecule has 0 spiro atoms. The van der Waals surface area contributed by atoms with Crippen molar-refractivity contribution >= 4 is 30.5 Å². The van der Waals surface area contributed by atoms with Crippen LogP contribution in [0, 0.1) is 37.1 Å². The molecule has 4 aromatic carbocycles. The van der Waals surface area contributed by atoms with Crippen molar-refractivity contribution in [3.05, 3.63) is 151 Å². The maximum absolute atomic E-state index is 18.2. The Balaban J connectivity index is 1.38. The van der Waals surface area contributed by atoms with E-state index in [0.29, 0.717) is 46.9 Å². The Hall–Kier alpha value is -4.21. The van der Waals surface area contributed by atoms with Crippen LogP contribution in [0.1, 0.15) is 49.7 Å². The first-order chi connectivity index (χ1) is 26.8. The first kappa shape index (κ1) is 37.7. The fraction of sp³-hybridized carbons (Fsp3) is 0.304. The van der Waals surface area contributed by atoms with Gasteiger partial charge in [-0.1, -0.05) is 0 Å². The molecule has 0 amide bonds. The summed E-state index contributed by atoms with van der Waals surface area (Å²) in [5.74, 6) is -3.19. The minimum atomic E-state index is -5.17. The van der Waals surface area contributed by atoms with Gasteiger partial charge in [0.1, 0.15) is 0 Å². The Bertz CT molecular complexity index is 2010. The van der Waals surface area contributed by atoms with Crippen LogP contribution in [0.25, 0.3) is 0 Å². The second-order valence-electron chi connectivity index (χ2n) is 15.1. The van der Waals surface area contributed by atoms with E-state index in [9.17, 15) is 0 Å². The van der Waals surface area contributed by atoms with E-state index in [-0.39, 0.29) is 31.3 Å². The number of allylic oxidation sites excluding steroid dienone is 8. The van der Waals surface area contributed by atoms with Gasteiger partial charge in [-0.15, -0.1) is 0 Å². The second kappa shape index (κ2) is 16.1. The predicted molar refractivity (Wildman–Crippen MR) is 210 cm³/mol.